The number of fused-ring (bicyclic) bond motifs is 1. The van der Waals surface area contributed by atoms with Crippen LogP contribution in [-0.4, -0.2) is 35.1 Å². The van der Waals surface area contributed by atoms with Crippen LogP contribution in [0.4, 0.5) is 0 Å². The summed E-state index contributed by atoms with van der Waals surface area (Å²) in [7, 11) is 1.70. The van der Waals surface area contributed by atoms with Crippen molar-refractivity contribution < 1.29 is 4.74 Å². The first-order chi connectivity index (χ1) is 12.2. The fourth-order valence-electron chi connectivity index (χ4n) is 2.92. The van der Waals surface area contributed by atoms with Crippen LogP contribution in [0, 0.1) is 6.92 Å². The molecule has 0 unspecified atom stereocenters. The average Bonchev–Trinajstić information content (AvgIpc) is 2.61. The minimum atomic E-state index is 0.0584. The van der Waals surface area contributed by atoms with Gasteiger partial charge >= 0.3 is 0 Å². The third-order valence-corrected chi connectivity index (χ3v) is 4.20. The molecular weight excluding hydrogens is 314 g/mol. The zero-order valence-electron chi connectivity index (χ0n) is 14.7. The standard InChI is InChI=1S/C20H23N3O2/c1-15-3-4-19-18(11-15)20(24)12-17(22-19)14-23(9-10-25-2)13-16-5-7-21-8-6-16/h3-8,11-12H,9-10,13-14H2,1-2H3,(H,22,24). The highest BCUT2D eigenvalue weighted by Gasteiger charge is 2.10. The quantitative estimate of drug-likeness (QED) is 0.720. The van der Waals surface area contributed by atoms with Gasteiger partial charge in [0.05, 0.1) is 6.61 Å². The van der Waals surface area contributed by atoms with E-state index in [4.69, 9.17) is 4.74 Å². The number of methoxy groups -OCH3 is 1. The van der Waals surface area contributed by atoms with Crippen molar-refractivity contribution in [1.29, 1.82) is 0 Å². The Morgan fingerprint density at radius 2 is 1.92 bits per heavy atom. The van der Waals surface area contributed by atoms with Crippen LogP contribution >= 0.6 is 0 Å². The van der Waals surface area contributed by atoms with Gasteiger partial charge in [-0.25, -0.2) is 0 Å². The van der Waals surface area contributed by atoms with Gasteiger partial charge in [-0.05, 0) is 36.8 Å². The highest BCUT2D eigenvalue weighted by atomic mass is 16.5. The van der Waals surface area contributed by atoms with E-state index in [1.54, 1.807) is 25.6 Å². The predicted molar refractivity (Wildman–Crippen MR) is 99.5 cm³/mol. The van der Waals surface area contributed by atoms with E-state index in [-0.39, 0.29) is 5.43 Å². The second kappa shape index (κ2) is 8.05. The Labute approximate surface area is 147 Å². The highest BCUT2D eigenvalue weighted by molar-refractivity contribution is 5.79. The number of benzene rings is 1. The minimum Gasteiger partial charge on any atom is -0.383 e. The van der Waals surface area contributed by atoms with E-state index in [1.807, 2.05) is 37.3 Å². The van der Waals surface area contributed by atoms with E-state index in [1.165, 1.54) is 5.56 Å². The number of H-pyrrole nitrogens is 1. The lowest BCUT2D eigenvalue weighted by Gasteiger charge is -2.22. The number of aromatic nitrogens is 2. The lowest BCUT2D eigenvalue weighted by Crippen LogP contribution is -2.27. The predicted octanol–water partition coefficient (Wildman–Crippen LogP) is 2.88. The molecule has 2 aromatic heterocycles. The Hall–Kier alpha value is -2.50. The van der Waals surface area contributed by atoms with Crippen molar-refractivity contribution in [3.05, 3.63) is 75.8 Å². The highest BCUT2D eigenvalue weighted by Crippen LogP contribution is 2.13. The summed E-state index contributed by atoms with van der Waals surface area (Å²) >= 11 is 0. The maximum Gasteiger partial charge on any atom is 0.189 e. The van der Waals surface area contributed by atoms with Crippen molar-refractivity contribution in [3.63, 3.8) is 0 Å². The minimum absolute atomic E-state index is 0.0584. The number of pyridine rings is 2. The zero-order valence-corrected chi connectivity index (χ0v) is 14.7. The van der Waals surface area contributed by atoms with Crippen molar-refractivity contribution in [2.75, 3.05) is 20.3 Å². The number of rotatable bonds is 7. The van der Waals surface area contributed by atoms with E-state index in [2.05, 4.69) is 14.9 Å². The SMILES string of the molecule is COCCN(Cc1ccncc1)Cc1cc(=O)c2cc(C)ccc2[nH]1. The number of nitrogens with zero attached hydrogens (tertiary/aromatic N) is 2. The Balaban J connectivity index is 1.84. The lowest BCUT2D eigenvalue weighted by atomic mass is 10.1. The molecule has 2 heterocycles. The van der Waals surface area contributed by atoms with Crippen LogP contribution in [-0.2, 0) is 17.8 Å². The second-order valence-corrected chi connectivity index (χ2v) is 6.27. The first-order valence-electron chi connectivity index (χ1n) is 8.38. The molecule has 3 rings (SSSR count). The fourth-order valence-corrected chi connectivity index (χ4v) is 2.92. The normalized spacial score (nSPS) is 11.3. The number of aryl methyl sites for hydroxylation is 1. The van der Waals surface area contributed by atoms with E-state index < -0.39 is 0 Å². The van der Waals surface area contributed by atoms with E-state index in [0.717, 1.165) is 35.2 Å². The molecule has 0 atom stereocenters. The molecule has 5 nitrogen and oxygen atoms in total. The van der Waals surface area contributed by atoms with Crippen LogP contribution in [0.1, 0.15) is 16.8 Å². The molecule has 0 saturated carbocycles. The van der Waals surface area contributed by atoms with Crippen LogP contribution in [0.3, 0.4) is 0 Å². The Bertz CT molecular complexity index is 890. The molecule has 5 heteroatoms. The van der Waals surface area contributed by atoms with Crippen LogP contribution < -0.4 is 5.43 Å². The summed E-state index contributed by atoms with van der Waals surface area (Å²) < 4.78 is 5.23. The average molecular weight is 337 g/mol. The summed E-state index contributed by atoms with van der Waals surface area (Å²) in [5.74, 6) is 0. The summed E-state index contributed by atoms with van der Waals surface area (Å²) in [5.41, 5.74) is 4.12. The summed E-state index contributed by atoms with van der Waals surface area (Å²) in [5, 5.41) is 0.737. The maximum atomic E-state index is 12.4. The van der Waals surface area contributed by atoms with Gasteiger partial charge in [0.1, 0.15) is 0 Å². The molecule has 0 saturated heterocycles. The van der Waals surface area contributed by atoms with Crippen molar-refractivity contribution >= 4 is 10.9 Å². The van der Waals surface area contributed by atoms with E-state index >= 15 is 0 Å². The summed E-state index contributed by atoms with van der Waals surface area (Å²) in [6, 6.07) is 11.6. The van der Waals surface area contributed by atoms with Crippen molar-refractivity contribution in [1.82, 2.24) is 14.9 Å². The fraction of sp³-hybridized carbons (Fsp3) is 0.300. The lowest BCUT2D eigenvalue weighted by molar-refractivity contribution is 0.139. The Morgan fingerprint density at radius 3 is 2.68 bits per heavy atom. The van der Waals surface area contributed by atoms with Gasteiger partial charge in [-0.2, -0.15) is 0 Å². The number of aromatic amines is 1. The zero-order chi connectivity index (χ0) is 17.6. The van der Waals surface area contributed by atoms with Crippen molar-refractivity contribution in [2.24, 2.45) is 0 Å². The molecule has 0 radical (unpaired) electrons. The molecule has 0 bridgehead atoms. The Morgan fingerprint density at radius 1 is 1.12 bits per heavy atom. The topological polar surface area (TPSA) is 58.2 Å². The number of nitrogens with one attached hydrogen (secondary N) is 1. The van der Waals surface area contributed by atoms with Crippen LogP contribution in [0.2, 0.25) is 0 Å². The molecule has 0 spiro atoms. The molecule has 130 valence electrons. The van der Waals surface area contributed by atoms with E-state index in [9.17, 15) is 4.79 Å². The largest absolute Gasteiger partial charge is 0.383 e. The molecule has 0 aliphatic carbocycles. The van der Waals surface area contributed by atoms with Crippen molar-refractivity contribution in [3.8, 4) is 0 Å². The van der Waals surface area contributed by atoms with Crippen LogP contribution in [0.5, 0.6) is 0 Å². The third kappa shape index (κ3) is 4.53. The molecule has 0 amide bonds. The van der Waals surface area contributed by atoms with Gasteiger partial charge in [-0.15, -0.1) is 0 Å². The number of ether oxygens (including phenoxy) is 1. The van der Waals surface area contributed by atoms with Crippen molar-refractivity contribution in [2.45, 2.75) is 20.0 Å². The van der Waals surface area contributed by atoms with Gasteiger partial charge in [0.15, 0.2) is 5.43 Å². The third-order valence-electron chi connectivity index (χ3n) is 4.20. The van der Waals surface area contributed by atoms with Crippen LogP contribution in [0.15, 0.2) is 53.6 Å². The number of hydrogen-bond donors (Lipinski definition) is 1. The van der Waals surface area contributed by atoms with Gasteiger partial charge in [0.2, 0.25) is 0 Å². The summed E-state index contributed by atoms with van der Waals surface area (Å²) in [4.78, 5) is 22.1. The first kappa shape index (κ1) is 17.3. The summed E-state index contributed by atoms with van der Waals surface area (Å²) in [6.07, 6.45) is 3.59. The maximum absolute atomic E-state index is 12.4. The molecule has 0 aliphatic rings. The van der Waals surface area contributed by atoms with Gasteiger partial charge in [0.25, 0.3) is 0 Å². The van der Waals surface area contributed by atoms with Crippen LogP contribution in [0.25, 0.3) is 10.9 Å². The van der Waals surface area contributed by atoms with Gasteiger partial charge in [-0.3, -0.25) is 14.7 Å². The molecule has 0 aliphatic heterocycles. The molecule has 3 aromatic rings. The molecular formula is C20H23N3O2. The number of hydrogen-bond acceptors (Lipinski definition) is 4. The van der Waals surface area contributed by atoms with Gasteiger partial charge in [0, 0.05) is 61.8 Å². The first-order valence-corrected chi connectivity index (χ1v) is 8.38. The second-order valence-electron chi connectivity index (χ2n) is 6.27. The summed E-state index contributed by atoms with van der Waals surface area (Å²) in [6.45, 7) is 4.85. The van der Waals surface area contributed by atoms with Gasteiger partial charge in [-0.1, -0.05) is 11.6 Å². The smallest absolute Gasteiger partial charge is 0.189 e. The molecule has 0 fully saturated rings. The van der Waals surface area contributed by atoms with E-state index in [0.29, 0.717) is 13.2 Å². The monoisotopic (exact) mass is 337 g/mol. The Kier molecular flexibility index (Phi) is 5.58. The molecule has 1 aromatic carbocycles. The molecule has 25 heavy (non-hydrogen) atoms. The molecule has 1 N–H and O–H groups in total. The van der Waals surface area contributed by atoms with Gasteiger partial charge < -0.3 is 9.72 Å².